The third-order valence-corrected chi connectivity index (χ3v) is 2.58. The molecule has 2 N–H and O–H groups in total. The van der Waals surface area contributed by atoms with Crippen molar-refractivity contribution < 1.29 is 15.0 Å². The Labute approximate surface area is 106 Å². The van der Waals surface area contributed by atoms with Crippen molar-refractivity contribution >= 4 is 5.91 Å². The molecule has 1 rings (SSSR count). The van der Waals surface area contributed by atoms with Crippen molar-refractivity contribution in [3.63, 3.8) is 0 Å². The fourth-order valence-corrected chi connectivity index (χ4v) is 1.69. The minimum atomic E-state index is -0.229. The van der Waals surface area contributed by atoms with E-state index in [0.29, 0.717) is 23.4 Å². The van der Waals surface area contributed by atoms with Crippen molar-refractivity contribution in [2.24, 2.45) is 0 Å². The molecule has 6 heteroatoms. The van der Waals surface area contributed by atoms with E-state index in [4.69, 9.17) is 10.2 Å². The number of aliphatic hydroxyl groups is 2. The lowest BCUT2D eigenvalue weighted by Crippen LogP contribution is -2.36. The molecular weight excluding hydrogens is 234 g/mol. The predicted molar refractivity (Wildman–Crippen MR) is 66.2 cm³/mol. The van der Waals surface area contributed by atoms with Crippen molar-refractivity contribution in [1.29, 1.82) is 0 Å². The number of amides is 1. The smallest absolute Gasteiger partial charge is 0.256 e. The highest BCUT2D eigenvalue weighted by atomic mass is 16.3. The maximum atomic E-state index is 12.3. The number of rotatable bonds is 6. The predicted octanol–water partition coefficient (Wildman–Crippen LogP) is -0.226. The molecule has 6 nitrogen and oxygen atoms in total. The number of hydrogen-bond donors (Lipinski definition) is 2. The molecule has 0 aliphatic rings. The van der Waals surface area contributed by atoms with Crippen LogP contribution in [0.5, 0.6) is 0 Å². The zero-order chi connectivity index (χ0) is 13.5. The Balaban J connectivity index is 3.02. The van der Waals surface area contributed by atoms with Crippen molar-refractivity contribution in [1.82, 2.24) is 15.1 Å². The van der Waals surface area contributed by atoms with Crippen LogP contribution in [0.3, 0.4) is 0 Å². The molecule has 1 heterocycles. The van der Waals surface area contributed by atoms with Gasteiger partial charge in [-0.05, 0) is 19.4 Å². The first-order valence-electron chi connectivity index (χ1n) is 5.98. The first-order valence-corrected chi connectivity index (χ1v) is 5.98. The second-order valence-electron chi connectivity index (χ2n) is 3.94. The van der Waals surface area contributed by atoms with Crippen LogP contribution >= 0.6 is 0 Å². The van der Waals surface area contributed by atoms with E-state index in [0.717, 1.165) is 0 Å². The van der Waals surface area contributed by atoms with E-state index in [9.17, 15) is 4.79 Å². The fourth-order valence-electron chi connectivity index (χ4n) is 1.69. The van der Waals surface area contributed by atoms with Crippen LogP contribution in [-0.4, -0.2) is 57.5 Å². The van der Waals surface area contributed by atoms with Gasteiger partial charge in [0.25, 0.3) is 5.91 Å². The molecule has 100 valence electrons. The topological polar surface area (TPSA) is 86.6 Å². The summed E-state index contributed by atoms with van der Waals surface area (Å²) >= 11 is 0. The number of nitrogens with zero attached hydrogens (tertiary/aromatic N) is 3. The summed E-state index contributed by atoms with van der Waals surface area (Å²) in [6.07, 6.45) is 0.612. The lowest BCUT2D eigenvalue weighted by molar-refractivity contribution is 0.0683. The molecule has 0 aliphatic carbocycles. The molecule has 0 saturated heterocycles. The average molecular weight is 253 g/mol. The van der Waals surface area contributed by atoms with Crippen LogP contribution in [0, 0.1) is 6.92 Å². The maximum Gasteiger partial charge on any atom is 0.256 e. The largest absolute Gasteiger partial charge is 0.395 e. The Kier molecular flexibility index (Phi) is 5.67. The Morgan fingerprint density at radius 1 is 1.28 bits per heavy atom. The van der Waals surface area contributed by atoms with Crippen molar-refractivity contribution in [3.05, 3.63) is 23.0 Å². The first kappa shape index (κ1) is 14.5. The summed E-state index contributed by atoms with van der Waals surface area (Å²) in [5.41, 5.74) is 1.79. The van der Waals surface area contributed by atoms with Gasteiger partial charge in [0.05, 0.1) is 30.2 Å². The van der Waals surface area contributed by atoms with Crippen LogP contribution in [-0.2, 0) is 6.42 Å². The zero-order valence-corrected chi connectivity index (χ0v) is 10.8. The highest BCUT2D eigenvalue weighted by Gasteiger charge is 2.19. The van der Waals surface area contributed by atoms with Gasteiger partial charge < -0.3 is 15.1 Å². The minimum absolute atomic E-state index is 0.134. The Hall–Kier alpha value is -1.53. The van der Waals surface area contributed by atoms with E-state index < -0.39 is 0 Å². The quantitative estimate of drug-likeness (QED) is 0.731. The number of aryl methyl sites for hydroxylation is 2. The summed E-state index contributed by atoms with van der Waals surface area (Å²) < 4.78 is 0. The molecule has 0 radical (unpaired) electrons. The van der Waals surface area contributed by atoms with E-state index in [1.54, 1.807) is 13.0 Å². The van der Waals surface area contributed by atoms with E-state index in [-0.39, 0.29) is 32.2 Å². The third kappa shape index (κ3) is 3.48. The standard InChI is InChI=1S/C12H19N3O3/c1-3-11-10(8-9(2)13-14-11)12(18)15(4-6-16)5-7-17/h8,16-17H,3-7H2,1-2H3. The summed E-state index contributed by atoms with van der Waals surface area (Å²) in [6, 6.07) is 1.69. The number of aliphatic hydroxyl groups excluding tert-OH is 2. The highest BCUT2D eigenvalue weighted by Crippen LogP contribution is 2.11. The van der Waals surface area contributed by atoms with Crippen molar-refractivity contribution in [2.75, 3.05) is 26.3 Å². The van der Waals surface area contributed by atoms with Crippen LogP contribution < -0.4 is 0 Å². The lowest BCUT2D eigenvalue weighted by atomic mass is 10.1. The molecular formula is C12H19N3O3. The Morgan fingerprint density at radius 3 is 2.39 bits per heavy atom. The second kappa shape index (κ2) is 7.03. The fraction of sp³-hybridized carbons (Fsp3) is 0.583. The first-order chi connectivity index (χ1) is 8.63. The highest BCUT2D eigenvalue weighted by molar-refractivity contribution is 5.95. The third-order valence-electron chi connectivity index (χ3n) is 2.58. The molecule has 0 spiro atoms. The number of aromatic nitrogens is 2. The Bertz CT molecular complexity index is 404. The summed E-state index contributed by atoms with van der Waals surface area (Å²) in [5.74, 6) is -0.229. The number of hydrogen-bond acceptors (Lipinski definition) is 5. The molecule has 0 saturated carbocycles. The van der Waals surface area contributed by atoms with Crippen LogP contribution in [0.15, 0.2) is 6.07 Å². The van der Waals surface area contributed by atoms with E-state index >= 15 is 0 Å². The van der Waals surface area contributed by atoms with Gasteiger partial charge in [-0.25, -0.2) is 0 Å². The molecule has 0 atom stereocenters. The number of carbonyl (C=O) groups excluding carboxylic acids is 1. The van der Waals surface area contributed by atoms with Gasteiger partial charge in [0.2, 0.25) is 0 Å². The van der Waals surface area contributed by atoms with Crippen LogP contribution in [0.25, 0.3) is 0 Å². The van der Waals surface area contributed by atoms with Gasteiger partial charge >= 0.3 is 0 Å². The summed E-state index contributed by atoms with van der Waals surface area (Å²) in [4.78, 5) is 13.7. The maximum absolute atomic E-state index is 12.3. The molecule has 1 aromatic heterocycles. The SMILES string of the molecule is CCc1nnc(C)cc1C(=O)N(CCO)CCO. The van der Waals surface area contributed by atoms with Crippen LogP contribution in [0.4, 0.5) is 0 Å². The van der Waals surface area contributed by atoms with Gasteiger partial charge in [-0.15, -0.1) is 0 Å². The number of carbonyl (C=O) groups is 1. The Morgan fingerprint density at radius 2 is 1.89 bits per heavy atom. The van der Waals surface area contributed by atoms with Crippen LogP contribution in [0.2, 0.25) is 0 Å². The molecule has 1 amide bonds. The molecule has 0 unspecified atom stereocenters. The monoisotopic (exact) mass is 253 g/mol. The molecule has 18 heavy (non-hydrogen) atoms. The molecule has 0 bridgehead atoms. The van der Waals surface area contributed by atoms with E-state index in [2.05, 4.69) is 10.2 Å². The van der Waals surface area contributed by atoms with Gasteiger partial charge in [0.1, 0.15) is 0 Å². The average Bonchev–Trinajstić information content (AvgIpc) is 2.37. The van der Waals surface area contributed by atoms with Gasteiger partial charge in [-0.1, -0.05) is 6.92 Å². The van der Waals surface area contributed by atoms with Gasteiger partial charge in [0.15, 0.2) is 0 Å². The second-order valence-corrected chi connectivity index (χ2v) is 3.94. The van der Waals surface area contributed by atoms with Gasteiger partial charge in [0, 0.05) is 13.1 Å². The molecule has 0 fully saturated rings. The minimum Gasteiger partial charge on any atom is -0.395 e. The zero-order valence-electron chi connectivity index (χ0n) is 10.8. The van der Waals surface area contributed by atoms with E-state index in [1.807, 2.05) is 6.92 Å². The molecule has 1 aromatic rings. The summed E-state index contributed by atoms with van der Waals surface area (Å²) in [7, 11) is 0. The van der Waals surface area contributed by atoms with E-state index in [1.165, 1.54) is 4.90 Å². The molecule has 0 aliphatic heterocycles. The van der Waals surface area contributed by atoms with Gasteiger partial charge in [-0.3, -0.25) is 4.79 Å². The summed E-state index contributed by atoms with van der Waals surface area (Å²) in [5, 5.41) is 25.8. The van der Waals surface area contributed by atoms with Crippen molar-refractivity contribution in [2.45, 2.75) is 20.3 Å². The van der Waals surface area contributed by atoms with Crippen molar-refractivity contribution in [3.8, 4) is 0 Å². The lowest BCUT2D eigenvalue weighted by Gasteiger charge is -2.21. The normalized spacial score (nSPS) is 10.4. The molecule has 0 aromatic carbocycles. The summed E-state index contributed by atoms with van der Waals surface area (Å²) in [6.45, 7) is 3.80. The van der Waals surface area contributed by atoms with Crippen LogP contribution in [0.1, 0.15) is 28.7 Å². The van der Waals surface area contributed by atoms with Gasteiger partial charge in [-0.2, -0.15) is 10.2 Å².